The average molecular weight is 200 g/mol. The zero-order valence-electron chi connectivity index (χ0n) is 8.00. The first-order valence-electron chi connectivity index (χ1n) is 4.57. The molecule has 2 aromatic rings. The van der Waals surface area contributed by atoms with Crippen molar-refractivity contribution in [3.05, 3.63) is 60.4 Å². The summed E-state index contributed by atoms with van der Waals surface area (Å²) < 4.78 is 1.87. The lowest BCUT2D eigenvalue weighted by Crippen LogP contribution is -2.29. The van der Waals surface area contributed by atoms with Crippen LogP contribution >= 0.6 is 0 Å². The summed E-state index contributed by atoms with van der Waals surface area (Å²) in [7, 11) is 0. The molecule has 1 N–H and O–H groups in total. The zero-order valence-corrected chi connectivity index (χ0v) is 8.00. The van der Waals surface area contributed by atoms with Crippen LogP contribution in [-0.4, -0.2) is 11.1 Å². The molecule has 1 aromatic carbocycles. The quantitative estimate of drug-likeness (QED) is 0.749. The zero-order chi connectivity index (χ0) is 10.7. The fourth-order valence-electron chi connectivity index (χ4n) is 1.34. The number of aromatic nitrogens is 1. The summed E-state index contributed by atoms with van der Waals surface area (Å²) in [5, 5.41) is 8.74. The number of carboxylic acid groups (broad SMARTS) is 1. The number of aromatic carboxylic acids is 1. The number of pyridine rings is 1. The Morgan fingerprint density at radius 1 is 1.00 bits per heavy atom. The molecule has 3 nitrogen and oxygen atoms in total. The molecular formula is C12H10NO2+. The van der Waals surface area contributed by atoms with E-state index in [1.165, 1.54) is 0 Å². The normalized spacial score (nSPS) is 9.87. The van der Waals surface area contributed by atoms with E-state index in [0.29, 0.717) is 5.56 Å². The molecule has 2 rings (SSSR count). The van der Waals surface area contributed by atoms with Crippen LogP contribution in [0.4, 0.5) is 0 Å². The minimum atomic E-state index is -0.907. The fourth-order valence-corrected chi connectivity index (χ4v) is 1.34. The van der Waals surface area contributed by atoms with E-state index in [1.807, 2.05) is 34.9 Å². The molecule has 1 aromatic heterocycles. The predicted molar refractivity (Wildman–Crippen MR) is 54.9 cm³/mol. The van der Waals surface area contributed by atoms with Crippen molar-refractivity contribution in [1.82, 2.24) is 0 Å². The lowest BCUT2D eigenvalue weighted by Gasteiger charge is -1.95. The van der Waals surface area contributed by atoms with Crippen molar-refractivity contribution >= 4 is 5.97 Å². The van der Waals surface area contributed by atoms with Crippen LogP contribution in [0.1, 0.15) is 10.4 Å². The van der Waals surface area contributed by atoms with Crippen LogP contribution in [0.3, 0.4) is 0 Å². The maximum absolute atomic E-state index is 10.6. The smallest absolute Gasteiger partial charge is 0.336 e. The molecule has 0 aliphatic heterocycles. The van der Waals surface area contributed by atoms with Gasteiger partial charge in [0.15, 0.2) is 12.4 Å². The van der Waals surface area contributed by atoms with Crippen LogP contribution in [0, 0.1) is 0 Å². The third kappa shape index (κ3) is 2.02. The average Bonchev–Trinajstić information content (AvgIpc) is 2.30. The van der Waals surface area contributed by atoms with Crippen molar-refractivity contribution in [3.63, 3.8) is 0 Å². The first kappa shape index (κ1) is 9.40. The number of benzene rings is 1. The van der Waals surface area contributed by atoms with Gasteiger partial charge in [-0.15, -0.1) is 0 Å². The Bertz CT molecular complexity index is 463. The van der Waals surface area contributed by atoms with Crippen molar-refractivity contribution in [1.29, 1.82) is 0 Å². The van der Waals surface area contributed by atoms with E-state index in [4.69, 9.17) is 5.11 Å². The van der Waals surface area contributed by atoms with Gasteiger partial charge in [0.2, 0.25) is 5.69 Å². The van der Waals surface area contributed by atoms with Crippen LogP contribution in [0.25, 0.3) is 5.69 Å². The molecule has 0 unspecified atom stereocenters. The number of hydrogen-bond acceptors (Lipinski definition) is 1. The Morgan fingerprint density at radius 2 is 1.60 bits per heavy atom. The molecule has 0 radical (unpaired) electrons. The molecular weight excluding hydrogens is 190 g/mol. The third-order valence-electron chi connectivity index (χ3n) is 2.13. The lowest BCUT2D eigenvalue weighted by atomic mass is 10.2. The maximum Gasteiger partial charge on any atom is 0.336 e. The van der Waals surface area contributed by atoms with Crippen LogP contribution in [-0.2, 0) is 0 Å². The second kappa shape index (κ2) is 3.92. The van der Waals surface area contributed by atoms with E-state index in [1.54, 1.807) is 24.5 Å². The highest BCUT2D eigenvalue weighted by Crippen LogP contribution is 1.99. The molecule has 0 aliphatic rings. The Kier molecular flexibility index (Phi) is 2.46. The van der Waals surface area contributed by atoms with Gasteiger partial charge in [-0.05, 0) is 0 Å². The topological polar surface area (TPSA) is 41.2 Å². The maximum atomic E-state index is 10.6. The highest BCUT2D eigenvalue weighted by Gasteiger charge is 2.07. The van der Waals surface area contributed by atoms with E-state index in [0.717, 1.165) is 5.69 Å². The summed E-state index contributed by atoms with van der Waals surface area (Å²) in [6.07, 6.45) is 3.47. The van der Waals surface area contributed by atoms with Crippen molar-refractivity contribution in [3.8, 4) is 5.69 Å². The van der Waals surface area contributed by atoms with Crippen LogP contribution in [0.2, 0.25) is 0 Å². The molecule has 0 spiro atoms. The van der Waals surface area contributed by atoms with Crippen molar-refractivity contribution in [2.24, 2.45) is 0 Å². The van der Waals surface area contributed by atoms with Crippen LogP contribution in [0.15, 0.2) is 54.9 Å². The lowest BCUT2D eigenvalue weighted by molar-refractivity contribution is -0.595. The highest BCUT2D eigenvalue weighted by atomic mass is 16.4. The summed E-state index contributed by atoms with van der Waals surface area (Å²) in [6, 6.07) is 12.9. The summed E-state index contributed by atoms with van der Waals surface area (Å²) in [4.78, 5) is 10.6. The third-order valence-corrected chi connectivity index (χ3v) is 2.13. The van der Waals surface area contributed by atoms with Crippen molar-refractivity contribution < 1.29 is 14.5 Å². The molecule has 0 aliphatic carbocycles. The van der Waals surface area contributed by atoms with Gasteiger partial charge in [0, 0.05) is 24.3 Å². The van der Waals surface area contributed by atoms with Gasteiger partial charge in [0.05, 0.1) is 5.56 Å². The van der Waals surface area contributed by atoms with E-state index in [-0.39, 0.29) is 0 Å². The monoisotopic (exact) mass is 200 g/mol. The molecule has 0 amide bonds. The summed E-state index contributed by atoms with van der Waals surface area (Å²) in [5.41, 5.74) is 1.30. The molecule has 0 saturated carbocycles. The van der Waals surface area contributed by atoms with Gasteiger partial charge in [-0.25, -0.2) is 4.79 Å². The molecule has 0 atom stereocenters. The first-order chi connectivity index (χ1) is 7.27. The van der Waals surface area contributed by atoms with E-state index in [9.17, 15) is 4.79 Å². The highest BCUT2D eigenvalue weighted by molar-refractivity contribution is 5.87. The van der Waals surface area contributed by atoms with Gasteiger partial charge >= 0.3 is 5.97 Å². The van der Waals surface area contributed by atoms with Crippen molar-refractivity contribution in [2.45, 2.75) is 0 Å². The Morgan fingerprint density at radius 3 is 2.13 bits per heavy atom. The SMILES string of the molecule is O=C(O)c1cc[n+](-c2ccccc2)cc1. The number of nitrogens with zero attached hydrogens (tertiary/aromatic N) is 1. The second-order valence-electron chi connectivity index (χ2n) is 3.13. The van der Waals surface area contributed by atoms with Crippen LogP contribution in [0.5, 0.6) is 0 Å². The second-order valence-corrected chi connectivity index (χ2v) is 3.13. The van der Waals surface area contributed by atoms with E-state index in [2.05, 4.69) is 0 Å². The molecule has 0 saturated heterocycles. The molecule has 0 fully saturated rings. The minimum Gasteiger partial charge on any atom is -0.478 e. The molecule has 15 heavy (non-hydrogen) atoms. The summed E-state index contributed by atoms with van der Waals surface area (Å²) in [6.45, 7) is 0. The van der Waals surface area contributed by atoms with Gasteiger partial charge in [-0.2, -0.15) is 4.57 Å². The Labute approximate surface area is 87.2 Å². The van der Waals surface area contributed by atoms with E-state index < -0.39 is 5.97 Å². The molecule has 74 valence electrons. The largest absolute Gasteiger partial charge is 0.478 e. The van der Waals surface area contributed by atoms with Gasteiger partial charge in [-0.3, -0.25) is 0 Å². The van der Waals surface area contributed by atoms with E-state index >= 15 is 0 Å². The van der Waals surface area contributed by atoms with Crippen LogP contribution < -0.4 is 4.57 Å². The summed E-state index contributed by atoms with van der Waals surface area (Å²) >= 11 is 0. The number of carboxylic acids is 1. The van der Waals surface area contributed by atoms with Crippen molar-refractivity contribution in [2.75, 3.05) is 0 Å². The molecule has 3 heteroatoms. The fraction of sp³-hybridized carbons (Fsp3) is 0. The number of para-hydroxylation sites is 1. The Hall–Kier alpha value is -2.16. The molecule has 0 bridgehead atoms. The summed E-state index contributed by atoms with van der Waals surface area (Å²) in [5.74, 6) is -0.907. The van der Waals surface area contributed by atoms with Gasteiger partial charge in [0.1, 0.15) is 0 Å². The van der Waals surface area contributed by atoms with Gasteiger partial charge in [-0.1, -0.05) is 18.2 Å². The standard InChI is InChI=1S/C12H9NO2/c14-12(15)10-6-8-13(9-7-10)11-4-2-1-3-5-11/h1-9H/p+1. The predicted octanol–water partition coefficient (Wildman–Crippen LogP) is 1.66. The van der Waals surface area contributed by atoms with Gasteiger partial charge < -0.3 is 5.11 Å². The first-order valence-corrected chi connectivity index (χ1v) is 4.57. The van der Waals surface area contributed by atoms with Gasteiger partial charge in [0.25, 0.3) is 0 Å². The number of carbonyl (C=O) groups is 1. The number of hydrogen-bond donors (Lipinski definition) is 1. The molecule has 1 heterocycles. The minimum absolute atomic E-state index is 0.294. The number of rotatable bonds is 2. The Balaban J connectivity index is 2.36.